The first kappa shape index (κ1) is 18.4. The average molecular weight is 397 g/mol. The van der Waals surface area contributed by atoms with Crippen LogP contribution in [0.25, 0.3) is 0 Å². The molecular formula is C24H21N4O2+. The molecule has 0 radical (unpaired) electrons. The van der Waals surface area contributed by atoms with Crippen LogP contribution in [0.15, 0.2) is 106 Å². The van der Waals surface area contributed by atoms with Gasteiger partial charge in [-0.2, -0.15) is 10.8 Å². The molecule has 2 aromatic rings. The first-order chi connectivity index (χ1) is 14.7. The fourth-order valence-corrected chi connectivity index (χ4v) is 3.65. The number of aliphatic imine (C=N–C) groups is 2. The number of nitrogens with zero attached hydrogens (tertiary/aromatic N) is 3. The highest BCUT2D eigenvalue weighted by atomic mass is 16.5. The second-order valence-corrected chi connectivity index (χ2v) is 7.30. The molecule has 1 atom stereocenters. The second-order valence-electron chi connectivity index (χ2n) is 7.30. The Kier molecular flexibility index (Phi) is 4.52. The van der Waals surface area contributed by atoms with Crippen molar-refractivity contribution in [1.82, 2.24) is 0 Å². The van der Waals surface area contributed by atoms with E-state index in [1.54, 1.807) is 12.4 Å². The number of benzene rings is 2. The number of aliphatic hydroxyl groups excluding tert-OH is 1. The van der Waals surface area contributed by atoms with Crippen LogP contribution in [0.4, 0.5) is 0 Å². The maximum atomic E-state index is 9.31. The van der Waals surface area contributed by atoms with Gasteiger partial charge in [0, 0.05) is 5.57 Å². The third kappa shape index (κ3) is 3.13. The van der Waals surface area contributed by atoms with Crippen molar-refractivity contribution in [2.45, 2.75) is 13.2 Å². The predicted octanol–water partition coefficient (Wildman–Crippen LogP) is 3.47. The van der Waals surface area contributed by atoms with Crippen LogP contribution in [0.3, 0.4) is 0 Å². The third-order valence-electron chi connectivity index (χ3n) is 5.29. The lowest BCUT2D eigenvalue weighted by Gasteiger charge is -2.26. The lowest BCUT2D eigenvalue weighted by molar-refractivity contribution is -0.750. The molecule has 0 aromatic heterocycles. The molecule has 148 valence electrons. The van der Waals surface area contributed by atoms with Crippen molar-refractivity contribution in [3.63, 3.8) is 0 Å². The molecule has 3 aliphatic rings. The number of hydrogen-bond donors (Lipinski definition) is 2. The maximum absolute atomic E-state index is 9.31. The molecule has 6 heteroatoms. The zero-order chi connectivity index (χ0) is 20.6. The van der Waals surface area contributed by atoms with E-state index < -0.39 is 0 Å². The summed E-state index contributed by atoms with van der Waals surface area (Å²) in [6.45, 7) is 0.422. The Hall–Kier alpha value is -3.58. The van der Waals surface area contributed by atoms with Crippen LogP contribution < -0.4 is 10.6 Å². The van der Waals surface area contributed by atoms with Crippen molar-refractivity contribution in [1.29, 1.82) is 0 Å². The summed E-state index contributed by atoms with van der Waals surface area (Å²) >= 11 is 0. The number of rotatable bonds is 6. The van der Waals surface area contributed by atoms with E-state index in [0.717, 1.165) is 45.2 Å². The summed E-state index contributed by atoms with van der Waals surface area (Å²) in [5.41, 5.74) is 5.48. The topological polar surface area (TPSA) is 80.2 Å². The zero-order valence-electron chi connectivity index (χ0n) is 16.3. The molecule has 0 amide bonds. The molecule has 3 N–H and O–H groups in total. The quantitative estimate of drug-likeness (QED) is 0.579. The molecule has 1 unspecified atom stereocenters. The molecule has 5 rings (SSSR count). The SMILES string of the molecule is N[N+]12C=CN=CC1=C(C1=CC=C1)N=C2c1cccc(OCc2cccc(CO)c2)c1. The number of amidine groups is 1. The molecule has 0 saturated heterocycles. The van der Waals surface area contributed by atoms with Crippen molar-refractivity contribution in [3.05, 3.63) is 113 Å². The van der Waals surface area contributed by atoms with Gasteiger partial charge in [0.25, 0.3) is 5.84 Å². The molecule has 30 heavy (non-hydrogen) atoms. The molecule has 2 heterocycles. The highest BCUT2D eigenvalue weighted by molar-refractivity contribution is 6.01. The van der Waals surface area contributed by atoms with Gasteiger partial charge < -0.3 is 9.84 Å². The second kappa shape index (κ2) is 7.35. The number of nitrogens with two attached hydrogens (primary N) is 1. The van der Waals surface area contributed by atoms with Gasteiger partial charge in [-0.05, 0) is 29.3 Å². The van der Waals surface area contributed by atoms with Gasteiger partial charge in [-0.25, -0.2) is 0 Å². The Morgan fingerprint density at radius 3 is 2.70 bits per heavy atom. The lowest BCUT2D eigenvalue weighted by Crippen LogP contribution is -2.53. The normalized spacial score (nSPS) is 21.3. The molecular weight excluding hydrogens is 376 g/mol. The number of hydrogen-bond acceptors (Lipinski definition) is 5. The molecule has 2 aromatic carbocycles. The molecule has 2 aliphatic heterocycles. The minimum Gasteiger partial charge on any atom is -0.489 e. The van der Waals surface area contributed by atoms with E-state index in [1.807, 2.05) is 73.0 Å². The van der Waals surface area contributed by atoms with Crippen molar-refractivity contribution in [2.24, 2.45) is 15.8 Å². The molecule has 0 fully saturated rings. The molecule has 0 bridgehead atoms. The minimum atomic E-state index is -0.0218. The number of quaternary nitrogens is 1. The van der Waals surface area contributed by atoms with Crippen molar-refractivity contribution in [2.75, 3.05) is 0 Å². The summed E-state index contributed by atoms with van der Waals surface area (Å²) in [4.78, 5) is 9.13. The van der Waals surface area contributed by atoms with Gasteiger partial charge in [-0.3, -0.25) is 4.99 Å². The summed E-state index contributed by atoms with van der Waals surface area (Å²) in [5, 5.41) is 9.31. The van der Waals surface area contributed by atoms with Crippen LogP contribution in [0.1, 0.15) is 16.7 Å². The van der Waals surface area contributed by atoms with Gasteiger partial charge in [0.05, 0.1) is 24.6 Å². The van der Waals surface area contributed by atoms with Gasteiger partial charge in [0.2, 0.25) is 5.70 Å². The first-order valence-corrected chi connectivity index (χ1v) is 9.70. The third-order valence-corrected chi connectivity index (χ3v) is 5.29. The van der Waals surface area contributed by atoms with Gasteiger partial charge >= 0.3 is 0 Å². The van der Waals surface area contributed by atoms with E-state index in [-0.39, 0.29) is 11.2 Å². The largest absolute Gasteiger partial charge is 0.489 e. The van der Waals surface area contributed by atoms with Gasteiger partial charge in [-0.1, -0.05) is 48.6 Å². The predicted molar refractivity (Wildman–Crippen MR) is 116 cm³/mol. The maximum Gasteiger partial charge on any atom is 0.265 e. The standard InChI is InChI=1S/C24H21N4O2/c25-28-11-10-26-14-22(28)23(19-6-2-7-19)27-24(28)20-8-3-9-21(13-20)30-16-18-5-1-4-17(12-18)15-29/h1-14,29H,15-16,25H2/q+1. The van der Waals surface area contributed by atoms with Gasteiger partial charge in [-0.15, -0.1) is 4.59 Å². The van der Waals surface area contributed by atoms with Crippen molar-refractivity contribution < 1.29 is 14.4 Å². The Labute approximate surface area is 174 Å². The molecule has 6 nitrogen and oxygen atoms in total. The fraction of sp³-hybridized carbons (Fsp3) is 0.0833. The summed E-state index contributed by atoms with van der Waals surface area (Å²) in [5.74, 6) is 8.19. The minimum absolute atomic E-state index is 0.0137. The van der Waals surface area contributed by atoms with Gasteiger partial charge in [0.15, 0.2) is 0 Å². The zero-order valence-corrected chi connectivity index (χ0v) is 16.3. The van der Waals surface area contributed by atoms with Crippen LogP contribution in [0.2, 0.25) is 0 Å². The molecule has 0 saturated carbocycles. The van der Waals surface area contributed by atoms with Crippen molar-refractivity contribution >= 4 is 12.1 Å². The first-order valence-electron chi connectivity index (χ1n) is 9.70. The highest BCUT2D eigenvalue weighted by Gasteiger charge is 2.44. The summed E-state index contributed by atoms with van der Waals surface area (Å²) in [6, 6.07) is 15.5. The van der Waals surface area contributed by atoms with E-state index in [0.29, 0.717) is 6.61 Å². The Bertz CT molecular complexity index is 1200. The monoisotopic (exact) mass is 397 g/mol. The number of aliphatic hydroxyl groups is 1. The Morgan fingerprint density at radius 2 is 1.90 bits per heavy atom. The molecule has 0 spiro atoms. The molecule has 1 aliphatic carbocycles. The summed E-state index contributed by atoms with van der Waals surface area (Å²) in [7, 11) is 0. The highest BCUT2D eigenvalue weighted by Crippen LogP contribution is 2.36. The van der Waals surface area contributed by atoms with Crippen molar-refractivity contribution in [3.8, 4) is 5.75 Å². The van der Waals surface area contributed by atoms with E-state index in [9.17, 15) is 5.11 Å². The van der Waals surface area contributed by atoms with Crippen LogP contribution in [0, 0.1) is 0 Å². The van der Waals surface area contributed by atoms with Crippen LogP contribution >= 0.6 is 0 Å². The summed E-state index contributed by atoms with van der Waals surface area (Å²) in [6.07, 6.45) is 11.3. The summed E-state index contributed by atoms with van der Waals surface area (Å²) < 4.78 is 5.98. The van der Waals surface area contributed by atoms with Crippen LogP contribution in [-0.2, 0) is 13.2 Å². The lowest BCUT2D eigenvalue weighted by atomic mass is 10.0. The Balaban J connectivity index is 1.42. The van der Waals surface area contributed by atoms with E-state index >= 15 is 0 Å². The van der Waals surface area contributed by atoms with E-state index in [4.69, 9.17) is 15.6 Å². The van der Waals surface area contributed by atoms with E-state index in [1.165, 1.54) is 0 Å². The number of allylic oxidation sites excluding steroid dienone is 4. The number of fused-ring (bicyclic) bond motifs is 1. The van der Waals surface area contributed by atoms with Crippen LogP contribution in [0.5, 0.6) is 5.75 Å². The van der Waals surface area contributed by atoms with Crippen LogP contribution in [-0.4, -0.2) is 21.7 Å². The van der Waals surface area contributed by atoms with Gasteiger partial charge in [0.1, 0.15) is 24.3 Å². The van der Waals surface area contributed by atoms with E-state index in [2.05, 4.69) is 4.99 Å². The average Bonchev–Trinajstić information content (AvgIpc) is 3.04. The number of ether oxygens (including phenoxy) is 1. The Morgan fingerprint density at radius 1 is 1.07 bits per heavy atom. The fourth-order valence-electron chi connectivity index (χ4n) is 3.65. The smallest absolute Gasteiger partial charge is 0.265 e.